The van der Waals surface area contributed by atoms with Gasteiger partial charge in [0.05, 0.1) is 0 Å². The van der Waals surface area contributed by atoms with Crippen LogP contribution in [0.25, 0.3) is 0 Å². The summed E-state index contributed by atoms with van der Waals surface area (Å²) in [6.07, 6.45) is 1.24. The Labute approximate surface area is 125 Å². The number of hydrogen-bond acceptors (Lipinski definition) is 2. The zero-order chi connectivity index (χ0) is 15.0. The molecule has 0 fully saturated rings. The van der Waals surface area contributed by atoms with Gasteiger partial charge in [-0.25, -0.2) is 0 Å². The van der Waals surface area contributed by atoms with Crippen LogP contribution in [0.1, 0.15) is 52.6 Å². The van der Waals surface area contributed by atoms with E-state index in [-0.39, 0.29) is 0 Å². The fraction of sp³-hybridized carbons (Fsp3) is 0.667. The van der Waals surface area contributed by atoms with Gasteiger partial charge in [-0.1, -0.05) is 58.0 Å². The van der Waals surface area contributed by atoms with Crippen LogP contribution in [0.4, 0.5) is 0 Å². The maximum Gasteiger partial charge on any atom is 0.0472 e. The molecule has 0 aliphatic rings. The van der Waals surface area contributed by atoms with Crippen molar-refractivity contribution >= 4 is 0 Å². The van der Waals surface area contributed by atoms with Gasteiger partial charge < -0.3 is 5.32 Å². The van der Waals surface area contributed by atoms with Crippen molar-refractivity contribution in [1.29, 1.82) is 0 Å². The Hall–Kier alpha value is -0.860. The van der Waals surface area contributed by atoms with E-state index >= 15 is 0 Å². The van der Waals surface area contributed by atoms with Crippen molar-refractivity contribution in [3.63, 3.8) is 0 Å². The van der Waals surface area contributed by atoms with Crippen molar-refractivity contribution in [1.82, 2.24) is 10.2 Å². The van der Waals surface area contributed by atoms with Gasteiger partial charge in [-0.3, -0.25) is 4.90 Å². The van der Waals surface area contributed by atoms with Crippen molar-refractivity contribution in [2.24, 2.45) is 5.92 Å². The Morgan fingerprint density at radius 1 is 1.00 bits per heavy atom. The first kappa shape index (κ1) is 17.2. The SMILES string of the molecule is CCN(CC)C(CNC(C)CC(C)C)c1ccccc1. The number of hydrogen-bond donors (Lipinski definition) is 1. The second-order valence-corrected chi connectivity index (χ2v) is 6.09. The molecule has 114 valence electrons. The van der Waals surface area contributed by atoms with Crippen molar-refractivity contribution in [2.45, 2.75) is 53.1 Å². The molecule has 0 aromatic heterocycles. The minimum atomic E-state index is 0.473. The number of likely N-dealkylation sites (N-methyl/N-ethyl adjacent to an activating group) is 1. The first-order chi connectivity index (χ1) is 9.58. The lowest BCUT2D eigenvalue weighted by Gasteiger charge is -2.31. The first-order valence-electron chi connectivity index (χ1n) is 8.10. The Morgan fingerprint density at radius 2 is 1.60 bits per heavy atom. The highest BCUT2D eigenvalue weighted by Gasteiger charge is 2.18. The minimum absolute atomic E-state index is 0.473. The Kier molecular flexibility index (Phi) is 7.86. The molecule has 0 heterocycles. The van der Waals surface area contributed by atoms with E-state index in [9.17, 15) is 0 Å². The van der Waals surface area contributed by atoms with Gasteiger partial charge >= 0.3 is 0 Å². The molecule has 0 aliphatic heterocycles. The minimum Gasteiger partial charge on any atom is -0.312 e. The number of benzene rings is 1. The van der Waals surface area contributed by atoms with Crippen molar-refractivity contribution in [3.8, 4) is 0 Å². The summed E-state index contributed by atoms with van der Waals surface area (Å²) in [7, 11) is 0. The van der Waals surface area contributed by atoms with Gasteiger partial charge in [-0.2, -0.15) is 0 Å². The third kappa shape index (κ3) is 5.64. The molecule has 0 amide bonds. The van der Waals surface area contributed by atoms with E-state index in [0.29, 0.717) is 12.1 Å². The molecular weight excluding hydrogens is 244 g/mol. The summed E-state index contributed by atoms with van der Waals surface area (Å²) in [4.78, 5) is 2.53. The molecule has 20 heavy (non-hydrogen) atoms. The van der Waals surface area contributed by atoms with Crippen LogP contribution >= 0.6 is 0 Å². The molecule has 0 radical (unpaired) electrons. The van der Waals surface area contributed by atoms with Crippen LogP contribution in [0, 0.1) is 5.92 Å². The van der Waals surface area contributed by atoms with E-state index in [2.05, 4.69) is 75.2 Å². The summed E-state index contributed by atoms with van der Waals surface area (Å²) in [5, 5.41) is 3.72. The third-order valence-electron chi connectivity index (χ3n) is 3.92. The molecule has 2 unspecified atom stereocenters. The van der Waals surface area contributed by atoms with Crippen LogP contribution in [0.5, 0.6) is 0 Å². The normalized spacial score (nSPS) is 14.8. The second-order valence-electron chi connectivity index (χ2n) is 6.09. The van der Waals surface area contributed by atoms with E-state index in [1.54, 1.807) is 0 Å². The quantitative estimate of drug-likeness (QED) is 0.730. The summed E-state index contributed by atoms with van der Waals surface area (Å²) in [6.45, 7) is 14.6. The summed E-state index contributed by atoms with van der Waals surface area (Å²) >= 11 is 0. The topological polar surface area (TPSA) is 15.3 Å². The molecule has 0 spiro atoms. The predicted octanol–water partition coefficient (Wildman–Crippen LogP) is 4.09. The van der Waals surface area contributed by atoms with E-state index in [0.717, 1.165) is 25.6 Å². The molecule has 0 saturated carbocycles. The monoisotopic (exact) mass is 276 g/mol. The summed E-state index contributed by atoms with van der Waals surface area (Å²) < 4.78 is 0. The van der Waals surface area contributed by atoms with Crippen LogP contribution in [-0.2, 0) is 0 Å². The van der Waals surface area contributed by atoms with Gasteiger partial charge in [0.2, 0.25) is 0 Å². The Morgan fingerprint density at radius 3 is 2.10 bits per heavy atom. The maximum atomic E-state index is 3.72. The molecule has 0 saturated heterocycles. The largest absolute Gasteiger partial charge is 0.312 e. The van der Waals surface area contributed by atoms with E-state index in [1.807, 2.05) is 0 Å². The summed E-state index contributed by atoms with van der Waals surface area (Å²) in [6, 6.07) is 11.9. The van der Waals surface area contributed by atoms with Crippen LogP contribution in [0.3, 0.4) is 0 Å². The van der Waals surface area contributed by atoms with Gasteiger partial charge in [-0.05, 0) is 37.9 Å². The van der Waals surface area contributed by atoms with Gasteiger partial charge in [0.1, 0.15) is 0 Å². The highest BCUT2D eigenvalue weighted by atomic mass is 15.2. The molecule has 2 heteroatoms. The second kappa shape index (κ2) is 9.15. The lowest BCUT2D eigenvalue weighted by atomic mass is 10.0. The zero-order valence-corrected chi connectivity index (χ0v) is 13.9. The van der Waals surface area contributed by atoms with Gasteiger partial charge in [0.15, 0.2) is 0 Å². The maximum absolute atomic E-state index is 3.72. The fourth-order valence-electron chi connectivity index (χ4n) is 2.90. The lowest BCUT2D eigenvalue weighted by molar-refractivity contribution is 0.207. The molecule has 0 aliphatic carbocycles. The van der Waals surface area contributed by atoms with Crippen LogP contribution in [0.15, 0.2) is 30.3 Å². The summed E-state index contributed by atoms with van der Waals surface area (Å²) in [5.74, 6) is 0.751. The van der Waals surface area contributed by atoms with E-state index in [4.69, 9.17) is 0 Å². The van der Waals surface area contributed by atoms with Crippen molar-refractivity contribution < 1.29 is 0 Å². The van der Waals surface area contributed by atoms with Crippen molar-refractivity contribution in [3.05, 3.63) is 35.9 Å². The lowest BCUT2D eigenvalue weighted by Crippen LogP contribution is -2.39. The highest BCUT2D eigenvalue weighted by molar-refractivity contribution is 5.19. The molecule has 2 atom stereocenters. The summed E-state index contributed by atoms with van der Waals surface area (Å²) in [5.41, 5.74) is 1.42. The molecule has 1 aromatic rings. The van der Waals surface area contributed by atoms with Gasteiger partial charge in [0, 0.05) is 18.6 Å². The first-order valence-corrected chi connectivity index (χ1v) is 8.10. The smallest absolute Gasteiger partial charge is 0.0472 e. The molecule has 2 nitrogen and oxygen atoms in total. The predicted molar refractivity (Wildman–Crippen MR) is 89.0 cm³/mol. The fourth-order valence-corrected chi connectivity index (χ4v) is 2.90. The Balaban J connectivity index is 2.69. The zero-order valence-electron chi connectivity index (χ0n) is 13.9. The average Bonchev–Trinajstić information content (AvgIpc) is 2.43. The standard InChI is InChI=1S/C18H32N2/c1-6-20(7-2)18(17-11-9-8-10-12-17)14-19-16(5)13-15(3)4/h8-12,15-16,18-19H,6-7,13-14H2,1-5H3. The molecule has 1 rings (SSSR count). The third-order valence-corrected chi connectivity index (χ3v) is 3.92. The van der Waals surface area contributed by atoms with E-state index in [1.165, 1.54) is 12.0 Å². The molecule has 1 N–H and O–H groups in total. The van der Waals surface area contributed by atoms with Crippen LogP contribution < -0.4 is 5.32 Å². The Bertz CT molecular complexity index is 344. The van der Waals surface area contributed by atoms with Crippen molar-refractivity contribution in [2.75, 3.05) is 19.6 Å². The van der Waals surface area contributed by atoms with Crippen LogP contribution in [0.2, 0.25) is 0 Å². The number of nitrogens with one attached hydrogen (secondary N) is 1. The van der Waals surface area contributed by atoms with Gasteiger partial charge in [0.25, 0.3) is 0 Å². The van der Waals surface area contributed by atoms with Crippen LogP contribution in [-0.4, -0.2) is 30.6 Å². The molecule has 1 aromatic carbocycles. The van der Waals surface area contributed by atoms with E-state index < -0.39 is 0 Å². The highest BCUT2D eigenvalue weighted by Crippen LogP contribution is 2.20. The molecule has 0 bridgehead atoms. The number of nitrogens with zero attached hydrogens (tertiary/aromatic N) is 1. The number of rotatable bonds is 9. The van der Waals surface area contributed by atoms with Gasteiger partial charge in [-0.15, -0.1) is 0 Å². The molecular formula is C18H32N2. The average molecular weight is 276 g/mol.